The Labute approximate surface area is 153 Å². The first kappa shape index (κ1) is 17.8. The minimum absolute atomic E-state index is 0.0273. The maximum absolute atomic E-state index is 13.0. The summed E-state index contributed by atoms with van der Waals surface area (Å²) in [6.45, 7) is 3.43. The van der Waals surface area contributed by atoms with Crippen molar-refractivity contribution in [2.24, 2.45) is 5.73 Å². The van der Waals surface area contributed by atoms with Crippen LogP contribution in [0.4, 0.5) is 0 Å². The Morgan fingerprint density at radius 1 is 1.12 bits per heavy atom. The Balaban J connectivity index is 1.76. The van der Waals surface area contributed by atoms with Gasteiger partial charge in [-0.15, -0.1) is 0 Å². The number of aryl methyl sites for hydroxylation is 1. The van der Waals surface area contributed by atoms with E-state index >= 15 is 0 Å². The lowest BCUT2D eigenvalue weighted by molar-refractivity contribution is 0.0762. The first-order chi connectivity index (χ1) is 12.7. The summed E-state index contributed by atoms with van der Waals surface area (Å²) >= 11 is 0. The van der Waals surface area contributed by atoms with Crippen molar-refractivity contribution < 1.29 is 4.79 Å². The van der Waals surface area contributed by atoms with Gasteiger partial charge in [0.25, 0.3) is 5.91 Å². The molecule has 0 saturated carbocycles. The molecular formula is C20H23N5O. The van der Waals surface area contributed by atoms with E-state index in [9.17, 15) is 4.79 Å². The van der Waals surface area contributed by atoms with Crippen molar-refractivity contribution in [3.8, 4) is 11.4 Å². The van der Waals surface area contributed by atoms with Crippen molar-refractivity contribution in [2.45, 2.75) is 13.3 Å². The molecular weight excluding hydrogens is 326 g/mol. The van der Waals surface area contributed by atoms with Gasteiger partial charge >= 0.3 is 0 Å². The number of H-pyrrole nitrogens is 1. The summed E-state index contributed by atoms with van der Waals surface area (Å²) in [5, 5.41) is 6.99. The highest BCUT2D eigenvalue weighted by molar-refractivity contribution is 5.95. The Morgan fingerprint density at radius 3 is 2.62 bits per heavy atom. The molecule has 0 fully saturated rings. The smallest absolute Gasteiger partial charge is 0.253 e. The van der Waals surface area contributed by atoms with Gasteiger partial charge in [0, 0.05) is 30.8 Å². The van der Waals surface area contributed by atoms with E-state index in [0.717, 1.165) is 17.8 Å². The predicted molar refractivity (Wildman–Crippen MR) is 102 cm³/mol. The van der Waals surface area contributed by atoms with E-state index in [1.807, 2.05) is 49.4 Å². The average molecular weight is 349 g/mol. The fourth-order valence-corrected chi connectivity index (χ4v) is 2.83. The molecule has 0 aliphatic carbocycles. The van der Waals surface area contributed by atoms with Crippen LogP contribution in [0, 0.1) is 6.92 Å². The zero-order valence-electron chi connectivity index (χ0n) is 14.9. The van der Waals surface area contributed by atoms with Gasteiger partial charge in [-0.3, -0.25) is 9.89 Å². The predicted octanol–water partition coefficient (Wildman–Crippen LogP) is 2.42. The number of rotatable bonds is 7. The number of benzene rings is 2. The number of carbonyl (C=O) groups excluding carboxylic acids is 1. The standard InChI is InChI=1S/C20H23N5O/c1-15-22-19(24-23-15)17-8-5-9-18(14-17)20(26)25(13-11-21)12-10-16-6-3-2-4-7-16/h2-9,14H,10-13,21H2,1H3,(H,22,23,24). The third kappa shape index (κ3) is 4.34. The molecule has 1 heterocycles. The Bertz CT molecular complexity index is 859. The number of aromatic amines is 1. The van der Waals surface area contributed by atoms with Crippen molar-refractivity contribution in [1.29, 1.82) is 0 Å². The van der Waals surface area contributed by atoms with E-state index in [1.54, 1.807) is 4.90 Å². The maximum atomic E-state index is 13.0. The first-order valence-electron chi connectivity index (χ1n) is 8.70. The third-order valence-corrected chi connectivity index (χ3v) is 4.16. The first-order valence-corrected chi connectivity index (χ1v) is 8.70. The molecule has 134 valence electrons. The minimum atomic E-state index is -0.0273. The van der Waals surface area contributed by atoms with E-state index in [4.69, 9.17) is 5.73 Å². The van der Waals surface area contributed by atoms with E-state index in [1.165, 1.54) is 5.56 Å². The summed E-state index contributed by atoms with van der Waals surface area (Å²) in [5.41, 5.74) is 8.35. The van der Waals surface area contributed by atoms with Gasteiger partial charge in [-0.1, -0.05) is 42.5 Å². The molecule has 6 nitrogen and oxygen atoms in total. The largest absolute Gasteiger partial charge is 0.337 e. The van der Waals surface area contributed by atoms with Crippen LogP contribution in [0.1, 0.15) is 21.7 Å². The summed E-state index contributed by atoms with van der Waals surface area (Å²) in [6.07, 6.45) is 0.798. The third-order valence-electron chi connectivity index (χ3n) is 4.16. The molecule has 3 aromatic rings. The molecule has 26 heavy (non-hydrogen) atoms. The van der Waals surface area contributed by atoms with Crippen LogP contribution in [0.15, 0.2) is 54.6 Å². The molecule has 0 radical (unpaired) electrons. The molecule has 0 aliphatic heterocycles. The molecule has 0 atom stereocenters. The van der Waals surface area contributed by atoms with Crippen molar-refractivity contribution in [2.75, 3.05) is 19.6 Å². The Morgan fingerprint density at radius 2 is 1.92 bits per heavy atom. The van der Waals surface area contributed by atoms with Gasteiger partial charge in [0.2, 0.25) is 0 Å². The second kappa shape index (κ2) is 8.40. The van der Waals surface area contributed by atoms with Crippen molar-refractivity contribution >= 4 is 5.91 Å². The summed E-state index contributed by atoms with van der Waals surface area (Å²) in [7, 11) is 0. The lowest BCUT2D eigenvalue weighted by atomic mass is 10.1. The summed E-state index contributed by atoms with van der Waals surface area (Å²) in [5.74, 6) is 1.30. The van der Waals surface area contributed by atoms with E-state index in [2.05, 4.69) is 27.3 Å². The summed E-state index contributed by atoms with van der Waals surface area (Å²) in [4.78, 5) is 19.1. The molecule has 1 amide bonds. The van der Waals surface area contributed by atoms with Gasteiger partial charge < -0.3 is 10.6 Å². The van der Waals surface area contributed by atoms with Gasteiger partial charge in [0.15, 0.2) is 5.82 Å². The fraction of sp³-hybridized carbons (Fsp3) is 0.250. The van der Waals surface area contributed by atoms with Crippen LogP contribution in [0.5, 0.6) is 0 Å². The van der Waals surface area contributed by atoms with Crippen LogP contribution in [0.2, 0.25) is 0 Å². The Kier molecular flexibility index (Phi) is 5.76. The highest BCUT2D eigenvalue weighted by Crippen LogP contribution is 2.17. The number of amides is 1. The number of nitrogens with two attached hydrogens (primary N) is 1. The molecule has 0 spiro atoms. The topological polar surface area (TPSA) is 87.9 Å². The van der Waals surface area contributed by atoms with Gasteiger partial charge in [-0.25, -0.2) is 4.98 Å². The number of hydrogen-bond donors (Lipinski definition) is 2. The van der Waals surface area contributed by atoms with E-state index in [0.29, 0.717) is 31.0 Å². The Hall–Kier alpha value is -2.99. The van der Waals surface area contributed by atoms with Gasteiger partial charge in [-0.2, -0.15) is 5.10 Å². The molecule has 3 N–H and O–H groups in total. The zero-order chi connectivity index (χ0) is 18.4. The lowest BCUT2D eigenvalue weighted by Crippen LogP contribution is -2.37. The van der Waals surface area contributed by atoms with Crippen LogP contribution in [-0.4, -0.2) is 45.6 Å². The molecule has 0 saturated heterocycles. The highest BCUT2D eigenvalue weighted by Gasteiger charge is 2.16. The molecule has 0 unspecified atom stereocenters. The zero-order valence-corrected chi connectivity index (χ0v) is 14.9. The number of nitrogens with zero attached hydrogens (tertiary/aromatic N) is 3. The number of hydrogen-bond acceptors (Lipinski definition) is 4. The van der Waals surface area contributed by atoms with Gasteiger partial charge in [-0.05, 0) is 31.0 Å². The second-order valence-electron chi connectivity index (χ2n) is 6.14. The van der Waals surface area contributed by atoms with Crippen molar-refractivity contribution in [3.05, 3.63) is 71.5 Å². The molecule has 2 aromatic carbocycles. The van der Waals surface area contributed by atoms with Crippen molar-refractivity contribution in [3.63, 3.8) is 0 Å². The molecule has 3 rings (SSSR count). The number of carbonyl (C=O) groups is 1. The molecule has 6 heteroatoms. The van der Waals surface area contributed by atoms with Crippen LogP contribution < -0.4 is 5.73 Å². The lowest BCUT2D eigenvalue weighted by Gasteiger charge is -2.22. The quantitative estimate of drug-likeness (QED) is 0.686. The minimum Gasteiger partial charge on any atom is -0.337 e. The van der Waals surface area contributed by atoms with Crippen LogP contribution in [0.25, 0.3) is 11.4 Å². The van der Waals surface area contributed by atoms with E-state index < -0.39 is 0 Å². The monoisotopic (exact) mass is 349 g/mol. The SMILES string of the molecule is Cc1nc(-c2cccc(C(=O)N(CCN)CCc3ccccc3)c2)n[nH]1. The van der Waals surface area contributed by atoms with Gasteiger partial charge in [0.1, 0.15) is 5.82 Å². The van der Waals surface area contributed by atoms with Gasteiger partial charge in [0.05, 0.1) is 0 Å². The second-order valence-corrected chi connectivity index (χ2v) is 6.14. The molecule has 1 aromatic heterocycles. The van der Waals surface area contributed by atoms with E-state index in [-0.39, 0.29) is 5.91 Å². The molecule has 0 bridgehead atoms. The summed E-state index contributed by atoms with van der Waals surface area (Å²) < 4.78 is 0. The average Bonchev–Trinajstić information content (AvgIpc) is 3.12. The number of nitrogens with one attached hydrogen (secondary N) is 1. The maximum Gasteiger partial charge on any atom is 0.253 e. The number of aromatic nitrogens is 3. The normalized spacial score (nSPS) is 10.7. The summed E-state index contributed by atoms with van der Waals surface area (Å²) in [6, 6.07) is 17.5. The van der Waals surface area contributed by atoms with Crippen LogP contribution >= 0.6 is 0 Å². The highest BCUT2D eigenvalue weighted by atomic mass is 16.2. The van der Waals surface area contributed by atoms with Crippen LogP contribution in [0.3, 0.4) is 0 Å². The van der Waals surface area contributed by atoms with Crippen molar-refractivity contribution in [1.82, 2.24) is 20.1 Å². The fourth-order valence-electron chi connectivity index (χ4n) is 2.83. The van der Waals surface area contributed by atoms with Crippen LogP contribution in [-0.2, 0) is 6.42 Å². The molecule has 0 aliphatic rings.